The Balaban J connectivity index is 3.15. The molecule has 3 nitrogen and oxygen atoms in total. The van der Waals surface area contributed by atoms with E-state index in [-0.39, 0.29) is 10.6 Å². The van der Waals surface area contributed by atoms with Crippen LogP contribution in [0.3, 0.4) is 0 Å². The van der Waals surface area contributed by atoms with Crippen LogP contribution < -0.4 is 0 Å². The van der Waals surface area contributed by atoms with E-state index in [4.69, 9.17) is 16.9 Å². The SMILES string of the molecule is COC(=O)c1cccc(SC#N)c1Cl. The van der Waals surface area contributed by atoms with Gasteiger partial charge in [-0.25, -0.2) is 4.79 Å². The Bertz CT molecular complexity index is 400. The molecule has 0 atom stereocenters. The summed E-state index contributed by atoms with van der Waals surface area (Å²) in [5.74, 6) is -0.504. The molecular weight excluding hydrogens is 222 g/mol. The maximum atomic E-state index is 11.2. The lowest BCUT2D eigenvalue weighted by molar-refractivity contribution is 0.0600. The summed E-state index contributed by atoms with van der Waals surface area (Å²) in [5, 5.41) is 10.6. The normalized spacial score (nSPS) is 9.21. The minimum Gasteiger partial charge on any atom is -0.465 e. The summed E-state index contributed by atoms with van der Waals surface area (Å²) in [7, 11) is 1.28. The van der Waals surface area contributed by atoms with E-state index < -0.39 is 5.97 Å². The van der Waals surface area contributed by atoms with Crippen LogP contribution in [0.15, 0.2) is 23.1 Å². The van der Waals surface area contributed by atoms with E-state index in [1.807, 2.05) is 5.40 Å². The number of benzene rings is 1. The molecule has 0 unspecified atom stereocenters. The zero-order valence-corrected chi connectivity index (χ0v) is 8.85. The number of rotatable bonds is 2. The van der Waals surface area contributed by atoms with Crippen molar-refractivity contribution >= 4 is 29.3 Å². The molecule has 1 aromatic carbocycles. The van der Waals surface area contributed by atoms with E-state index in [1.54, 1.807) is 18.2 Å². The molecular formula is C9H6ClNO2S. The zero-order chi connectivity index (χ0) is 10.6. The first-order valence-corrected chi connectivity index (χ1v) is 4.83. The highest BCUT2D eigenvalue weighted by Gasteiger charge is 2.13. The van der Waals surface area contributed by atoms with Gasteiger partial charge in [0, 0.05) is 4.90 Å². The molecule has 0 saturated carbocycles. The summed E-state index contributed by atoms with van der Waals surface area (Å²) >= 11 is 6.80. The molecule has 1 rings (SSSR count). The molecule has 0 amide bonds. The summed E-state index contributed by atoms with van der Waals surface area (Å²) in [4.78, 5) is 11.7. The van der Waals surface area contributed by atoms with Crippen LogP contribution in [0.5, 0.6) is 0 Å². The number of thioether (sulfide) groups is 1. The number of thiocyanates is 1. The zero-order valence-electron chi connectivity index (χ0n) is 7.28. The number of carbonyl (C=O) groups is 1. The highest BCUT2D eigenvalue weighted by molar-refractivity contribution is 8.03. The number of carbonyl (C=O) groups excluding carboxylic acids is 1. The molecule has 0 heterocycles. The van der Waals surface area contributed by atoms with Gasteiger partial charge in [0.15, 0.2) is 0 Å². The topological polar surface area (TPSA) is 50.1 Å². The molecule has 14 heavy (non-hydrogen) atoms. The predicted octanol–water partition coefficient (Wildman–Crippen LogP) is 2.70. The number of ether oxygens (including phenoxy) is 1. The second-order valence-electron chi connectivity index (χ2n) is 2.30. The molecule has 0 aliphatic heterocycles. The van der Waals surface area contributed by atoms with Crippen LogP contribution in [-0.2, 0) is 4.74 Å². The quantitative estimate of drug-likeness (QED) is 0.443. The Labute approximate surface area is 90.6 Å². The first-order chi connectivity index (χ1) is 6.70. The predicted molar refractivity (Wildman–Crippen MR) is 54.3 cm³/mol. The largest absolute Gasteiger partial charge is 0.465 e. The van der Waals surface area contributed by atoms with E-state index in [9.17, 15) is 4.79 Å². The maximum Gasteiger partial charge on any atom is 0.339 e. The van der Waals surface area contributed by atoms with E-state index in [0.717, 1.165) is 11.8 Å². The highest BCUT2D eigenvalue weighted by atomic mass is 35.5. The average molecular weight is 228 g/mol. The first kappa shape index (κ1) is 10.9. The smallest absolute Gasteiger partial charge is 0.339 e. The van der Waals surface area contributed by atoms with Crippen molar-refractivity contribution in [2.75, 3.05) is 7.11 Å². The van der Waals surface area contributed by atoms with Crippen molar-refractivity contribution in [3.05, 3.63) is 28.8 Å². The molecule has 0 spiro atoms. The molecule has 0 aliphatic rings. The molecule has 0 fully saturated rings. The van der Waals surface area contributed by atoms with Crippen LogP contribution in [0, 0.1) is 10.7 Å². The van der Waals surface area contributed by atoms with Crippen LogP contribution in [0.2, 0.25) is 5.02 Å². The van der Waals surface area contributed by atoms with Gasteiger partial charge >= 0.3 is 5.97 Å². The molecule has 72 valence electrons. The van der Waals surface area contributed by atoms with Gasteiger partial charge in [-0.05, 0) is 23.9 Å². The second-order valence-corrected chi connectivity index (χ2v) is 3.51. The van der Waals surface area contributed by atoms with Crippen molar-refractivity contribution in [2.24, 2.45) is 0 Å². The number of hydrogen-bond donors (Lipinski definition) is 0. The minimum atomic E-state index is -0.504. The first-order valence-electron chi connectivity index (χ1n) is 3.63. The van der Waals surface area contributed by atoms with E-state index >= 15 is 0 Å². The third kappa shape index (κ3) is 2.19. The summed E-state index contributed by atoms with van der Waals surface area (Å²) in [5.41, 5.74) is 0.273. The fraction of sp³-hybridized carbons (Fsp3) is 0.111. The fourth-order valence-corrected chi connectivity index (χ4v) is 1.67. The van der Waals surface area contributed by atoms with Crippen molar-refractivity contribution in [3.63, 3.8) is 0 Å². The second kappa shape index (κ2) is 4.89. The van der Waals surface area contributed by atoms with Crippen molar-refractivity contribution < 1.29 is 9.53 Å². The van der Waals surface area contributed by atoms with Crippen LogP contribution in [0.1, 0.15) is 10.4 Å². The molecule has 0 aromatic heterocycles. The van der Waals surface area contributed by atoms with E-state index in [2.05, 4.69) is 4.74 Å². The lowest BCUT2D eigenvalue weighted by Gasteiger charge is -2.04. The summed E-state index contributed by atoms with van der Waals surface area (Å²) < 4.78 is 4.53. The van der Waals surface area contributed by atoms with Crippen LogP contribution in [-0.4, -0.2) is 13.1 Å². The Hall–Kier alpha value is -1.18. The molecule has 1 aromatic rings. The Kier molecular flexibility index (Phi) is 3.81. The molecule has 0 radical (unpaired) electrons. The van der Waals surface area contributed by atoms with Gasteiger partial charge in [-0.3, -0.25) is 0 Å². The Morgan fingerprint density at radius 3 is 2.93 bits per heavy atom. The average Bonchev–Trinajstić information content (AvgIpc) is 2.20. The van der Waals surface area contributed by atoms with Gasteiger partial charge < -0.3 is 4.74 Å². The lowest BCUT2D eigenvalue weighted by Crippen LogP contribution is -2.02. The number of methoxy groups -OCH3 is 1. The van der Waals surface area contributed by atoms with Gasteiger partial charge in [-0.2, -0.15) is 5.26 Å². The van der Waals surface area contributed by atoms with Gasteiger partial charge in [-0.15, -0.1) is 0 Å². The van der Waals surface area contributed by atoms with Crippen LogP contribution >= 0.6 is 23.4 Å². The summed E-state index contributed by atoms with van der Waals surface area (Å²) in [6.07, 6.45) is 0. The van der Waals surface area contributed by atoms with Gasteiger partial charge in [0.1, 0.15) is 5.40 Å². The monoisotopic (exact) mass is 227 g/mol. The van der Waals surface area contributed by atoms with Gasteiger partial charge in [-0.1, -0.05) is 17.7 Å². The lowest BCUT2D eigenvalue weighted by atomic mass is 10.2. The van der Waals surface area contributed by atoms with Gasteiger partial charge in [0.05, 0.1) is 17.7 Å². The highest BCUT2D eigenvalue weighted by Crippen LogP contribution is 2.29. The van der Waals surface area contributed by atoms with Crippen LogP contribution in [0.25, 0.3) is 0 Å². The standard InChI is InChI=1S/C9H6ClNO2S/c1-13-9(12)6-3-2-4-7(8(6)10)14-5-11/h2-4H,1H3. The maximum absolute atomic E-state index is 11.2. The molecule has 5 heteroatoms. The van der Waals surface area contributed by atoms with Crippen molar-refractivity contribution in [3.8, 4) is 5.40 Å². The number of hydrogen-bond acceptors (Lipinski definition) is 4. The van der Waals surface area contributed by atoms with Crippen LogP contribution in [0.4, 0.5) is 0 Å². The minimum absolute atomic E-state index is 0.255. The van der Waals surface area contributed by atoms with Crippen molar-refractivity contribution in [1.82, 2.24) is 0 Å². The van der Waals surface area contributed by atoms with E-state index in [0.29, 0.717) is 4.90 Å². The van der Waals surface area contributed by atoms with Gasteiger partial charge in [0.25, 0.3) is 0 Å². The summed E-state index contributed by atoms with van der Waals surface area (Å²) in [6, 6.07) is 4.87. The number of nitrogens with zero attached hydrogens (tertiary/aromatic N) is 1. The van der Waals surface area contributed by atoms with Crippen molar-refractivity contribution in [1.29, 1.82) is 5.26 Å². The summed E-state index contributed by atoms with van der Waals surface area (Å²) in [6.45, 7) is 0. The fourth-order valence-electron chi connectivity index (χ4n) is 0.906. The number of nitriles is 1. The molecule has 0 saturated heterocycles. The molecule has 0 N–H and O–H groups in total. The third-order valence-corrected chi connectivity index (χ3v) is 2.69. The third-order valence-electron chi connectivity index (χ3n) is 1.52. The van der Waals surface area contributed by atoms with Crippen molar-refractivity contribution in [2.45, 2.75) is 4.90 Å². The molecule has 0 bridgehead atoms. The number of halogens is 1. The Morgan fingerprint density at radius 2 is 2.36 bits per heavy atom. The number of esters is 1. The Morgan fingerprint density at radius 1 is 1.64 bits per heavy atom. The van der Waals surface area contributed by atoms with E-state index in [1.165, 1.54) is 7.11 Å². The van der Waals surface area contributed by atoms with Gasteiger partial charge in [0.2, 0.25) is 0 Å². The molecule has 0 aliphatic carbocycles.